The summed E-state index contributed by atoms with van der Waals surface area (Å²) < 4.78 is 31.0. The van der Waals surface area contributed by atoms with E-state index in [1.54, 1.807) is 13.0 Å². The van der Waals surface area contributed by atoms with Crippen LogP contribution in [0.25, 0.3) is 0 Å². The highest BCUT2D eigenvalue weighted by molar-refractivity contribution is 5.92. The van der Waals surface area contributed by atoms with Gasteiger partial charge in [0, 0.05) is 18.8 Å². The number of rotatable bonds is 6. The number of esters is 1. The van der Waals surface area contributed by atoms with Crippen molar-refractivity contribution in [2.75, 3.05) is 13.7 Å². The largest absolute Gasteiger partial charge is 0.469 e. The molecule has 0 saturated heterocycles. The molecule has 24 heavy (non-hydrogen) atoms. The Labute approximate surface area is 137 Å². The Kier molecular flexibility index (Phi) is 5.62. The first-order valence-corrected chi connectivity index (χ1v) is 7.22. The van der Waals surface area contributed by atoms with Crippen LogP contribution in [-0.2, 0) is 16.1 Å². The lowest BCUT2D eigenvalue weighted by molar-refractivity contribution is -0.140. The minimum Gasteiger partial charge on any atom is -0.469 e. The van der Waals surface area contributed by atoms with Gasteiger partial charge in [0.25, 0.3) is 5.91 Å². The highest BCUT2D eigenvalue weighted by Crippen LogP contribution is 2.14. The molecule has 1 heterocycles. The first-order valence-electron chi connectivity index (χ1n) is 7.22. The number of carbonyl (C=O) groups is 2. The van der Waals surface area contributed by atoms with E-state index >= 15 is 0 Å². The van der Waals surface area contributed by atoms with Crippen molar-refractivity contribution in [1.82, 2.24) is 15.1 Å². The summed E-state index contributed by atoms with van der Waals surface area (Å²) in [6.45, 7) is 1.83. The van der Waals surface area contributed by atoms with Gasteiger partial charge < -0.3 is 9.64 Å². The third-order valence-corrected chi connectivity index (χ3v) is 3.38. The second-order valence-electron chi connectivity index (χ2n) is 5.24. The van der Waals surface area contributed by atoms with Gasteiger partial charge in [0.1, 0.15) is 5.69 Å². The molecule has 1 aromatic heterocycles. The summed E-state index contributed by atoms with van der Waals surface area (Å²) in [6, 6.07) is 4.96. The first-order chi connectivity index (χ1) is 11.4. The Hall–Kier alpha value is -2.77. The zero-order chi connectivity index (χ0) is 17.7. The second kappa shape index (κ2) is 7.67. The maximum absolute atomic E-state index is 13.4. The molecule has 2 rings (SSSR count). The minimum atomic E-state index is -0.997. The van der Waals surface area contributed by atoms with Gasteiger partial charge in [0.15, 0.2) is 11.6 Å². The normalized spacial score (nSPS) is 10.5. The van der Waals surface area contributed by atoms with Gasteiger partial charge >= 0.3 is 5.97 Å². The number of benzene rings is 1. The number of amides is 1. The molecule has 128 valence electrons. The molecule has 0 spiro atoms. The average Bonchev–Trinajstić information content (AvgIpc) is 3.00. The molecule has 0 bridgehead atoms. The summed E-state index contributed by atoms with van der Waals surface area (Å²) in [5, 5.41) is 6.55. The number of H-pyrrole nitrogens is 1. The molecule has 0 aliphatic heterocycles. The fraction of sp³-hybridized carbons (Fsp3) is 0.312. The number of halogens is 2. The van der Waals surface area contributed by atoms with Crippen LogP contribution in [0, 0.1) is 18.6 Å². The van der Waals surface area contributed by atoms with Crippen molar-refractivity contribution >= 4 is 11.9 Å². The lowest BCUT2D eigenvalue weighted by Crippen LogP contribution is -2.33. The Morgan fingerprint density at radius 1 is 1.25 bits per heavy atom. The predicted octanol–water partition coefficient (Wildman–Crippen LogP) is 2.20. The van der Waals surface area contributed by atoms with E-state index in [1.807, 2.05) is 0 Å². The summed E-state index contributed by atoms with van der Waals surface area (Å²) in [4.78, 5) is 25.2. The molecule has 0 aliphatic rings. The zero-order valence-electron chi connectivity index (χ0n) is 13.3. The monoisotopic (exact) mass is 337 g/mol. The number of nitrogens with zero attached hydrogens (tertiary/aromatic N) is 2. The number of hydrogen-bond acceptors (Lipinski definition) is 4. The molecule has 0 aliphatic carbocycles. The van der Waals surface area contributed by atoms with E-state index in [0.29, 0.717) is 11.3 Å². The van der Waals surface area contributed by atoms with Crippen molar-refractivity contribution in [3.05, 3.63) is 52.9 Å². The van der Waals surface area contributed by atoms with Crippen molar-refractivity contribution in [3.63, 3.8) is 0 Å². The van der Waals surface area contributed by atoms with Crippen LogP contribution < -0.4 is 0 Å². The number of aromatic nitrogens is 2. The summed E-state index contributed by atoms with van der Waals surface area (Å²) in [5.74, 6) is -2.86. The molecular formula is C16H17F2N3O3. The molecule has 0 unspecified atom stereocenters. The quantitative estimate of drug-likeness (QED) is 0.820. The molecule has 0 fully saturated rings. The van der Waals surface area contributed by atoms with Gasteiger partial charge in [-0.15, -0.1) is 0 Å². The zero-order valence-corrected chi connectivity index (χ0v) is 13.3. The Morgan fingerprint density at radius 3 is 2.58 bits per heavy atom. The molecule has 1 N–H and O–H groups in total. The van der Waals surface area contributed by atoms with Gasteiger partial charge in [0.05, 0.1) is 13.5 Å². The molecule has 1 aromatic carbocycles. The lowest BCUT2D eigenvalue weighted by atomic mass is 10.2. The molecule has 0 radical (unpaired) electrons. The Bertz CT molecular complexity index is 746. The Balaban J connectivity index is 2.19. The third-order valence-electron chi connectivity index (χ3n) is 3.38. The number of aryl methyl sites for hydroxylation is 1. The van der Waals surface area contributed by atoms with Gasteiger partial charge in [-0.2, -0.15) is 5.10 Å². The summed E-state index contributed by atoms with van der Waals surface area (Å²) in [6.07, 6.45) is -0.0185. The maximum Gasteiger partial charge on any atom is 0.307 e. The van der Waals surface area contributed by atoms with Crippen LogP contribution >= 0.6 is 0 Å². The average molecular weight is 337 g/mol. The van der Waals surface area contributed by atoms with Crippen molar-refractivity contribution < 1.29 is 23.1 Å². The second-order valence-corrected chi connectivity index (χ2v) is 5.24. The predicted molar refractivity (Wildman–Crippen MR) is 81.1 cm³/mol. The third kappa shape index (κ3) is 4.37. The van der Waals surface area contributed by atoms with Gasteiger partial charge in [-0.25, -0.2) is 8.78 Å². The number of ether oxygens (including phenoxy) is 1. The fourth-order valence-corrected chi connectivity index (χ4v) is 2.13. The van der Waals surface area contributed by atoms with E-state index < -0.39 is 23.5 Å². The molecule has 2 aromatic rings. The minimum absolute atomic E-state index is 0.0128. The van der Waals surface area contributed by atoms with E-state index in [1.165, 1.54) is 18.1 Å². The molecule has 8 heteroatoms. The highest BCUT2D eigenvalue weighted by atomic mass is 19.2. The van der Waals surface area contributed by atoms with Crippen LogP contribution in [0.4, 0.5) is 8.78 Å². The lowest BCUT2D eigenvalue weighted by Gasteiger charge is -2.21. The van der Waals surface area contributed by atoms with E-state index in [2.05, 4.69) is 14.9 Å². The highest BCUT2D eigenvalue weighted by Gasteiger charge is 2.20. The number of nitrogens with one attached hydrogen (secondary N) is 1. The van der Waals surface area contributed by atoms with Gasteiger partial charge in [-0.05, 0) is 30.7 Å². The summed E-state index contributed by atoms with van der Waals surface area (Å²) in [7, 11) is 1.25. The van der Waals surface area contributed by atoms with Crippen LogP contribution in [0.3, 0.4) is 0 Å². The topological polar surface area (TPSA) is 75.3 Å². The summed E-state index contributed by atoms with van der Waals surface area (Å²) >= 11 is 0. The molecule has 1 amide bonds. The van der Waals surface area contributed by atoms with Crippen molar-refractivity contribution in [2.24, 2.45) is 0 Å². The Morgan fingerprint density at radius 2 is 2.00 bits per heavy atom. The fourth-order valence-electron chi connectivity index (χ4n) is 2.13. The molecule has 0 atom stereocenters. The number of hydrogen-bond donors (Lipinski definition) is 1. The van der Waals surface area contributed by atoms with Crippen LogP contribution in [0.15, 0.2) is 24.3 Å². The van der Waals surface area contributed by atoms with Crippen molar-refractivity contribution in [3.8, 4) is 0 Å². The van der Waals surface area contributed by atoms with Crippen molar-refractivity contribution in [2.45, 2.75) is 19.9 Å². The molecular weight excluding hydrogens is 320 g/mol. The van der Waals surface area contributed by atoms with E-state index in [-0.39, 0.29) is 25.2 Å². The number of methoxy groups -OCH3 is 1. The van der Waals surface area contributed by atoms with Gasteiger partial charge in [-0.3, -0.25) is 14.7 Å². The number of carbonyl (C=O) groups excluding carboxylic acids is 2. The maximum atomic E-state index is 13.4. The first kappa shape index (κ1) is 17.6. The van der Waals surface area contributed by atoms with Crippen molar-refractivity contribution in [1.29, 1.82) is 0 Å². The SMILES string of the molecule is COC(=O)CCN(Cc1ccc(F)c(F)c1)C(=O)c1cc(C)[nH]n1. The van der Waals surface area contributed by atoms with Gasteiger partial charge in [0.2, 0.25) is 0 Å². The van der Waals surface area contributed by atoms with Crippen LogP contribution in [0.5, 0.6) is 0 Å². The van der Waals surface area contributed by atoms with E-state index in [9.17, 15) is 18.4 Å². The standard InChI is InChI=1S/C16H17F2N3O3/c1-10-7-14(20-19-10)16(23)21(6-5-15(22)24-2)9-11-3-4-12(17)13(18)8-11/h3-4,7-8H,5-6,9H2,1-2H3,(H,19,20). The van der Waals surface area contributed by atoms with E-state index in [0.717, 1.165) is 12.1 Å². The van der Waals surface area contributed by atoms with Crippen LogP contribution in [0.1, 0.15) is 28.2 Å². The smallest absolute Gasteiger partial charge is 0.307 e. The molecule has 0 saturated carbocycles. The van der Waals surface area contributed by atoms with E-state index in [4.69, 9.17) is 0 Å². The van der Waals surface area contributed by atoms with Crippen LogP contribution in [-0.4, -0.2) is 40.6 Å². The van der Waals surface area contributed by atoms with Crippen LogP contribution in [0.2, 0.25) is 0 Å². The number of aromatic amines is 1. The summed E-state index contributed by atoms with van der Waals surface area (Å²) in [5.41, 5.74) is 1.29. The van der Waals surface area contributed by atoms with Gasteiger partial charge in [-0.1, -0.05) is 6.07 Å². The molecule has 6 nitrogen and oxygen atoms in total.